The van der Waals surface area contributed by atoms with E-state index in [-0.39, 0.29) is 7.43 Å². The maximum absolute atomic E-state index is 5.01. The topological polar surface area (TPSA) is 27.7 Å². The Labute approximate surface area is 195 Å². The van der Waals surface area contributed by atoms with Gasteiger partial charge < -0.3 is 15.0 Å². The highest BCUT2D eigenvalue weighted by atomic mass is 32.2. The molecular weight excluding hydrogens is 410 g/mol. The van der Waals surface area contributed by atoms with Crippen molar-refractivity contribution >= 4 is 29.4 Å². The molecule has 0 aliphatic carbocycles. The van der Waals surface area contributed by atoms with Gasteiger partial charge in [-0.2, -0.15) is 0 Å². The summed E-state index contributed by atoms with van der Waals surface area (Å²) >= 11 is 3.96. The molecule has 0 saturated carbocycles. The van der Waals surface area contributed by atoms with Crippen LogP contribution in [0.4, 0.5) is 5.69 Å². The van der Waals surface area contributed by atoms with E-state index in [1.54, 1.807) is 0 Å². The molecule has 30 heavy (non-hydrogen) atoms. The van der Waals surface area contributed by atoms with Crippen molar-refractivity contribution in [2.45, 2.75) is 48.5 Å². The lowest BCUT2D eigenvalue weighted by molar-refractivity contribution is 0.109. The molecule has 3 aliphatic rings. The van der Waals surface area contributed by atoms with Crippen LogP contribution in [0.25, 0.3) is 0 Å². The molecule has 0 atom stereocenters. The van der Waals surface area contributed by atoms with Gasteiger partial charge >= 0.3 is 0 Å². The number of hydrogen-bond acceptors (Lipinski definition) is 6. The number of ether oxygens (including phenoxy) is 1. The number of aryl methyl sites for hydroxylation is 1. The van der Waals surface area contributed by atoms with Crippen molar-refractivity contribution in [2.24, 2.45) is 0 Å². The highest BCUT2D eigenvalue weighted by molar-refractivity contribution is 8.21. The fourth-order valence-corrected chi connectivity index (χ4v) is 5.14. The van der Waals surface area contributed by atoms with Gasteiger partial charge in [0.2, 0.25) is 0 Å². The summed E-state index contributed by atoms with van der Waals surface area (Å²) in [6.45, 7) is 18.5. The average Bonchev–Trinajstić information content (AvgIpc) is 3.32. The van der Waals surface area contributed by atoms with Gasteiger partial charge in [-0.1, -0.05) is 58.9 Å². The summed E-state index contributed by atoms with van der Waals surface area (Å²) in [4.78, 5) is 2.49. The molecule has 1 aromatic carbocycles. The molecule has 3 aliphatic heterocycles. The van der Waals surface area contributed by atoms with Crippen molar-refractivity contribution < 1.29 is 4.74 Å². The normalized spacial score (nSPS) is 18.3. The molecule has 2 saturated heterocycles. The van der Waals surface area contributed by atoms with Crippen LogP contribution in [0.15, 0.2) is 34.6 Å². The van der Waals surface area contributed by atoms with E-state index in [9.17, 15) is 0 Å². The Balaban J connectivity index is 0.000000647. The van der Waals surface area contributed by atoms with E-state index in [0.717, 1.165) is 52.5 Å². The van der Waals surface area contributed by atoms with E-state index in [4.69, 9.17) is 4.74 Å². The minimum Gasteiger partial charge on any atom is -0.379 e. The molecule has 4 nitrogen and oxygen atoms in total. The summed E-state index contributed by atoms with van der Waals surface area (Å²) in [5.74, 6) is 1.27. The molecule has 0 radical (unpaired) electrons. The van der Waals surface area contributed by atoms with Gasteiger partial charge in [0.15, 0.2) is 0 Å². The van der Waals surface area contributed by atoms with Crippen LogP contribution in [0.5, 0.6) is 0 Å². The number of morpholine rings is 1. The van der Waals surface area contributed by atoms with Crippen LogP contribution < -0.4 is 10.2 Å². The first-order chi connectivity index (χ1) is 14.3. The van der Waals surface area contributed by atoms with Crippen molar-refractivity contribution in [3.63, 3.8) is 0 Å². The summed E-state index contributed by atoms with van der Waals surface area (Å²) in [5.41, 5.74) is 2.70. The summed E-state index contributed by atoms with van der Waals surface area (Å²) < 4.78 is 9.02. The zero-order valence-electron chi connectivity index (χ0n) is 19.1. The van der Waals surface area contributed by atoms with Gasteiger partial charge in [-0.05, 0) is 37.4 Å². The Hall–Kier alpha value is -0.660. The van der Waals surface area contributed by atoms with Crippen LogP contribution in [0.1, 0.15) is 47.1 Å². The van der Waals surface area contributed by atoms with Crippen LogP contribution in [0.2, 0.25) is 0 Å². The van der Waals surface area contributed by atoms with Gasteiger partial charge in [-0.25, -0.2) is 4.31 Å². The van der Waals surface area contributed by atoms with Crippen molar-refractivity contribution in [3.05, 3.63) is 40.1 Å². The lowest BCUT2D eigenvalue weighted by atomic mass is 10.2. The Morgan fingerprint density at radius 3 is 1.97 bits per heavy atom. The van der Waals surface area contributed by atoms with E-state index < -0.39 is 0 Å². The molecule has 1 N–H and O–H groups in total. The quantitative estimate of drug-likeness (QED) is 0.559. The second-order valence-corrected chi connectivity index (χ2v) is 8.90. The van der Waals surface area contributed by atoms with Crippen LogP contribution >= 0.6 is 23.7 Å². The fourth-order valence-electron chi connectivity index (χ4n) is 2.89. The van der Waals surface area contributed by atoms with Gasteiger partial charge in [-0.15, -0.1) is 11.8 Å². The number of rotatable bonds is 3. The fraction of sp³-hybridized carbons (Fsp3) is 0.667. The first kappa shape index (κ1) is 29.3. The number of allylic oxidation sites excluding steroid dienone is 1. The third-order valence-electron chi connectivity index (χ3n) is 4.38. The molecule has 3 heterocycles. The van der Waals surface area contributed by atoms with Gasteiger partial charge in [0.1, 0.15) is 0 Å². The monoisotopic (exact) mass is 455 g/mol. The molecule has 0 amide bonds. The Morgan fingerprint density at radius 1 is 0.933 bits per heavy atom. The summed E-state index contributed by atoms with van der Waals surface area (Å²) in [6, 6.07) is 8.90. The maximum atomic E-state index is 5.01. The van der Waals surface area contributed by atoms with E-state index in [0.29, 0.717) is 0 Å². The molecule has 4 rings (SSSR count). The number of hydrogen-bond donors (Lipinski definition) is 1. The van der Waals surface area contributed by atoms with Gasteiger partial charge in [0.25, 0.3) is 0 Å². The molecule has 0 spiro atoms. The SMILES string of the molecule is C.C1COCCN1.CC.CC.Cc1ccc(N2CCN(SC3=CCCS3)CC2)cc1. The predicted molar refractivity (Wildman–Crippen MR) is 141 cm³/mol. The number of nitrogens with one attached hydrogen (secondary N) is 1. The minimum atomic E-state index is 0. The molecule has 1 aromatic rings. The first-order valence-electron chi connectivity index (χ1n) is 11.2. The van der Waals surface area contributed by atoms with Crippen molar-refractivity contribution in [2.75, 3.05) is 63.1 Å². The molecule has 2 fully saturated rings. The number of nitrogens with zero attached hydrogens (tertiary/aromatic N) is 2. The minimum absolute atomic E-state index is 0. The van der Waals surface area contributed by atoms with Crippen LogP contribution in [-0.4, -0.2) is 62.5 Å². The standard InChI is InChI=1S/C15H20N2S2.C4H9NO.2C2H6.CH4/c1-13-4-6-14(7-5-13)16-8-10-17(11-9-16)19-15-3-2-12-18-15;1-3-6-4-2-5-1;2*1-2;/h3-7H,2,8-12H2,1H3;5H,1-4H2;2*1-2H3;1H4. The van der Waals surface area contributed by atoms with E-state index in [1.807, 2.05) is 51.4 Å². The first-order valence-corrected chi connectivity index (χ1v) is 12.9. The zero-order chi connectivity index (χ0) is 21.3. The van der Waals surface area contributed by atoms with E-state index in [1.165, 1.54) is 27.7 Å². The Bertz CT molecular complexity index is 528. The van der Waals surface area contributed by atoms with Crippen molar-refractivity contribution in [1.29, 1.82) is 0 Å². The lowest BCUT2D eigenvalue weighted by Crippen LogP contribution is -2.43. The second-order valence-electron chi connectivity index (χ2n) is 6.37. The molecule has 0 bridgehead atoms. The molecule has 174 valence electrons. The van der Waals surface area contributed by atoms with Crippen molar-refractivity contribution in [1.82, 2.24) is 9.62 Å². The smallest absolute Gasteiger partial charge is 0.0591 e. The largest absolute Gasteiger partial charge is 0.379 e. The number of piperazine rings is 1. The third-order valence-corrected chi connectivity index (χ3v) is 6.81. The molecule has 6 heteroatoms. The van der Waals surface area contributed by atoms with Crippen LogP contribution in [-0.2, 0) is 4.74 Å². The van der Waals surface area contributed by atoms with Crippen molar-refractivity contribution in [3.8, 4) is 0 Å². The predicted octanol–water partition coefficient (Wildman–Crippen LogP) is 6.04. The zero-order valence-corrected chi connectivity index (χ0v) is 20.7. The molecular formula is C24H45N3OS2. The van der Waals surface area contributed by atoms with Gasteiger partial charge in [-0.3, -0.25) is 0 Å². The maximum Gasteiger partial charge on any atom is 0.0591 e. The Kier molecular flexibility index (Phi) is 18.6. The highest BCUT2D eigenvalue weighted by Crippen LogP contribution is 2.37. The van der Waals surface area contributed by atoms with Crippen LogP contribution in [0, 0.1) is 6.92 Å². The summed E-state index contributed by atoms with van der Waals surface area (Å²) in [7, 11) is 0. The van der Waals surface area contributed by atoms with Crippen LogP contribution in [0.3, 0.4) is 0 Å². The highest BCUT2D eigenvalue weighted by Gasteiger charge is 2.19. The molecule has 0 aromatic heterocycles. The average molecular weight is 456 g/mol. The number of benzene rings is 1. The summed E-state index contributed by atoms with van der Waals surface area (Å²) in [5, 5.41) is 3.16. The Morgan fingerprint density at radius 2 is 1.53 bits per heavy atom. The number of thioether (sulfide) groups is 1. The lowest BCUT2D eigenvalue weighted by Gasteiger charge is -2.35. The summed E-state index contributed by atoms with van der Waals surface area (Å²) in [6.07, 6.45) is 3.62. The van der Waals surface area contributed by atoms with E-state index in [2.05, 4.69) is 51.8 Å². The van der Waals surface area contributed by atoms with Gasteiger partial charge in [0, 0.05) is 50.7 Å². The van der Waals surface area contributed by atoms with Gasteiger partial charge in [0.05, 0.1) is 17.5 Å². The third kappa shape index (κ3) is 11.7. The number of anilines is 1. The van der Waals surface area contributed by atoms with E-state index >= 15 is 0 Å². The second kappa shape index (κ2) is 19.1. The molecule has 0 unspecified atom stereocenters.